The zero-order valence-electron chi connectivity index (χ0n) is 5.82. The molecule has 11 heavy (non-hydrogen) atoms. The van der Waals surface area contributed by atoms with Crippen molar-refractivity contribution in [3.8, 4) is 0 Å². The first-order chi connectivity index (χ1) is 5.27. The lowest BCUT2D eigenvalue weighted by atomic mass is 10.3. The van der Waals surface area contributed by atoms with Crippen molar-refractivity contribution in [1.82, 2.24) is 4.98 Å². The van der Waals surface area contributed by atoms with Gasteiger partial charge >= 0.3 is 0 Å². The van der Waals surface area contributed by atoms with Crippen LogP contribution in [0.5, 0.6) is 0 Å². The van der Waals surface area contributed by atoms with E-state index in [0.29, 0.717) is 0 Å². The first kappa shape index (κ1) is 6.57. The van der Waals surface area contributed by atoms with E-state index in [1.165, 1.54) is 0 Å². The van der Waals surface area contributed by atoms with Crippen LogP contribution in [0.2, 0.25) is 0 Å². The van der Waals surface area contributed by atoms with Gasteiger partial charge in [0.15, 0.2) is 0 Å². The number of hydrogen-bond donors (Lipinski definition) is 2. The van der Waals surface area contributed by atoms with Crippen molar-refractivity contribution in [2.45, 2.75) is 0 Å². The molecule has 1 heterocycles. The molecule has 0 aliphatic rings. The van der Waals surface area contributed by atoms with E-state index < -0.39 is 0 Å². The molecule has 0 bridgehead atoms. The molecule has 3 nitrogen and oxygen atoms in total. The Hall–Kier alpha value is -1.13. The van der Waals surface area contributed by atoms with Crippen molar-refractivity contribution >= 4 is 26.6 Å². The Morgan fingerprint density at radius 2 is 2.18 bits per heavy atom. The van der Waals surface area contributed by atoms with E-state index in [0.717, 1.165) is 15.9 Å². The fourth-order valence-corrected chi connectivity index (χ4v) is 1.97. The molecule has 0 aliphatic carbocycles. The van der Waals surface area contributed by atoms with Gasteiger partial charge in [-0.3, -0.25) is 0 Å². The maximum atomic E-state index is 5.74. The minimum absolute atomic E-state index is 0.330. The Morgan fingerprint density at radius 1 is 1.36 bits per heavy atom. The first-order valence-electron chi connectivity index (χ1n) is 3.18. The number of nitrogens with two attached hydrogens (primary N) is 2. The molecule has 1 atom stereocenters. The number of nitrogens with zero attached hydrogens (tertiary/aromatic N) is 1. The fourth-order valence-electron chi connectivity index (χ4n) is 0.997. The number of nitrogen functional groups attached to an aromatic ring is 2. The van der Waals surface area contributed by atoms with Gasteiger partial charge in [0.25, 0.3) is 5.51 Å². The first-order valence-corrected chi connectivity index (χ1v) is 4.54. The van der Waals surface area contributed by atoms with Crippen LogP contribution >= 0.6 is 10.7 Å². The average molecular weight is 166 g/mol. The molecule has 0 saturated heterocycles. The van der Waals surface area contributed by atoms with Gasteiger partial charge in [0.2, 0.25) is 4.70 Å². The van der Waals surface area contributed by atoms with Crippen LogP contribution in [0.25, 0.3) is 10.2 Å². The molecule has 0 spiro atoms. The Balaban J connectivity index is 2.87. The summed E-state index contributed by atoms with van der Waals surface area (Å²) >= 11 is 0. The normalized spacial score (nSPS) is 12.3. The fraction of sp³-hybridized carbons (Fsp3) is 0. The Bertz CT molecular complexity index is 393. The molecule has 1 unspecified atom stereocenters. The second-order valence-corrected chi connectivity index (χ2v) is 3.73. The van der Waals surface area contributed by atoms with Gasteiger partial charge in [0.05, 0.1) is 10.7 Å². The summed E-state index contributed by atoms with van der Waals surface area (Å²) in [7, 11) is -0.330. The quantitative estimate of drug-likeness (QED) is 0.457. The highest BCUT2D eigenvalue weighted by atomic mass is 32.2. The SMILES string of the molecule is Nc1ccc2nc[s+](N)c2c1. The summed E-state index contributed by atoms with van der Waals surface area (Å²) in [6.45, 7) is 0. The number of hydrogen-bond acceptors (Lipinski definition) is 3. The van der Waals surface area contributed by atoms with E-state index in [-0.39, 0.29) is 10.7 Å². The average Bonchev–Trinajstić information content (AvgIpc) is 2.33. The van der Waals surface area contributed by atoms with Crippen molar-refractivity contribution < 1.29 is 0 Å². The summed E-state index contributed by atoms with van der Waals surface area (Å²) in [5.74, 6) is 0. The Labute approximate surface area is 66.8 Å². The van der Waals surface area contributed by atoms with Crippen LogP contribution in [0.15, 0.2) is 23.7 Å². The molecule has 4 heteroatoms. The summed E-state index contributed by atoms with van der Waals surface area (Å²) in [5.41, 5.74) is 9.04. The van der Waals surface area contributed by atoms with Crippen molar-refractivity contribution in [2.24, 2.45) is 0 Å². The monoisotopic (exact) mass is 166 g/mol. The van der Waals surface area contributed by atoms with Gasteiger partial charge in [0, 0.05) is 11.8 Å². The highest BCUT2D eigenvalue weighted by Gasteiger charge is 2.09. The highest BCUT2D eigenvalue weighted by Crippen LogP contribution is 2.24. The molecule has 0 saturated carbocycles. The number of aromatic nitrogens is 1. The standard InChI is InChI=1S/C7H8N3S/c8-5-1-2-6-7(3-5)11(9)4-10-6/h1-4H,8-9H2/q+1. The van der Waals surface area contributed by atoms with Gasteiger partial charge in [-0.1, -0.05) is 0 Å². The molecule has 2 rings (SSSR count). The van der Waals surface area contributed by atoms with Crippen molar-refractivity contribution in [2.75, 3.05) is 10.9 Å². The number of anilines is 1. The van der Waals surface area contributed by atoms with Crippen LogP contribution in [0.4, 0.5) is 5.69 Å². The van der Waals surface area contributed by atoms with E-state index in [1.807, 2.05) is 18.2 Å². The van der Waals surface area contributed by atoms with E-state index in [1.54, 1.807) is 5.51 Å². The molecule has 1 aromatic heterocycles. The van der Waals surface area contributed by atoms with Crippen LogP contribution in [-0.4, -0.2) is 4.98 Å². The Morgan fingerprint density at radius 3 is 3.00 bits per heavy atom. The maximum Gasteiger partial charge on any atom is 0.252 e. The topological polar surface area (TPSA) is 64.9 Å². The number of thiazole rings is 1. The third kappa shape index (κ3) is 0.961. The van der Waals surface area contributed by atoms with Gasteiger partial charge in [-0.2, -0.15) is 4.98 Å². The van der Waals surface area contributed by atoms with Crippen molar-refractivity contribution in [1.29, 1.82) is 0 Å². The molecule has 0 radical (unpaired) electrons. The maximum absolute atomic E-state index is 5.74. The summed E-state index contributed by atoms with van der Waals surface area (Å²) in [4.78, 5) is 4.13. The van der Waals surface area contributed by atoms with Crippen molar-refractivity contribution in [3.63, 3.8) is 0 Å². The smallest absolute Gasteiger partial charge is 0.252 e. The van der Waals surface area contributed by atoms with Crippen LogP contribution in [0.1, 0.15) is 0 Å². The molecular weight excluding hydrogens is 158 g/mol. The Kier molecular flexibility index (Phi) is 1.30. The lowest BCUT2D eigenvalue weighted by Crippen LogP contribution is -1.83. The predicted octanol–water partition coefficient (Wildman–Crippen LogP) is 1.28. The third-order valence-corrected chi connectivity index (χ3v) is 2.71. The van der Waals surface area contributed by atoms with Gasteiger partial charge in [-0.25, -0.2) is 0 Å². The largest absolute Gasteiger partial charge is 0.399 e. The molecule has 0 amide bonds. The molecule has 0 fully saturated rings. The van der Waals surface area contributed by atoms with E-state index in [9.17, 15) is 0 Å². The van der Waals surface area contributed by atoms with Crippen LogP contribution < -0.4 is 10.9 Å². The summed E-state index contributed by atoms with van der Waals surface area (Å²) in [5, 5.41) is 5.74. The van der Waals surface area contributed by atoms with Gasteiger partial charge in [-0.15, -0.1) is 5.14 Å². The van der Waals surface area contributed by atoms with E-state index >= 15 is 0 Å². The lowest BCUT2D eigenvalue weighted by Gasteiger charge is -1.86. The van der Waals surface area contributed by atoms with Crippen LogP contribution in [0.3, 0.4) is 0 Å². The number of benzene rings is 1. The summed E-state index contributed by atoms with van der Waals surface area (Å²) in [6, 6.07) is 5.60. The highest BCUT2D eigenvalue weighted by molar-refractivity contribution is 7.35. The van der Waals surface area contributed by atoms with Gasteiger partial charge in [-0.05, 0) is 12.1 Å². The van der Waals surface area contributed by atoms with E-state index in [4.69, 9.17) is 10.9 Å². The number of rotatable bonds is 0. The lowest BCUT2D eigenvalue weighted by molar-refractivity contribution is 1.50. The molecular formula is C7H8N3S+. The van der Waals surface area contributed by atoms with E-state index in [2.05, 4.69) is 4.98 Å². The zero-order chi connectivity index (χ0) is 7.84. The summed E-state index contributed by atoms with van der Waals surface area (Å²) < 4.78 is 1.05. The summed E-state index contributed by atoms with van der Waals surface area (Å²) in [6.07, 6.45) is 0. The minimum atomic E-state index is -0.330. The number of fused-ring (bicyclic) bond motifs is 1. The van der Waals surface area contributed by atoms with Gasteiger partial charge < -0.3 is 5.73 Å². The molecule has 0 aliphatic heterocycles. The van der Waals surface area contributed by atoms with Crippen molar-refractivity contribution in [3.05, 3.63) is 23.7 Å². The van der Waals surface area contributed by atoms with Crippen LogP contribution in [0, 0.1) is 0 Å². The zero-order valence-corrected chi connectivity index (χ0v) is 6.64. The second kappa shape index (κ2) is 2.18. The minimum Gasteiger partial charge on any atom is -0.399 e. The molecule has 4 N–H and O–H groups in total. The second-order valence-electron chi connectivity index (χ2n) is 2.33. The molecule has 1 aromatic carbocycles. The van der Waals surface area contributed by atoms with Crippen LogP contribution in [-0.2, 0) is 0 Å². The molecule has 56 valence electrons. The third-order valence-electron chi connectivity index (χ3n) is 1.54. The molecule has 2 aromatic rings. The van der Waals surface area contributed by atoms with Gasteiger partial charge in [0.1, 0.15) is 5.52 Å². The predicted molar refractivity (Wildman–Crippen MR) is 48.8 cm³/mol.